The fourth-order valence-electron chi connectivity index (χ4n) is 1.51. The number of nitrogens with one attached hydrogen (secondary N) is 1. The smallest absolute Gasteiger partial charge is 0.323 e. The summed E-state index contributed by atoms with van der Waals surface area (Å²) >= 11 is 0. The Labute approximate surface area is 120 Å². The lowest BCUT2D eigenvalue weighted by molar-refractivity contribution is -0.145. The highest BCUT2D eigenvalue weighted by atomic mass is 31.2. The molecule has 0 saturated carbocycles. The summed E-state index contributed by atoms with van der Waals surface area (Å²) in [5, 5.41) is 2.76. The average molecular weight is 299 g/mol. The second-order valence-electron chi connectivity index (χ2n) is 4.41. The molecule has 0 spiro atoms. The summed E-state index contributed by atoms with van der Waals surface area (Å²) < 4.78 is 23.1. The molecule has 0 aliphatic heterocycles. The Balaban J connectivity index is 2.65. The Morgan fingerprint density at radius 2 is 1.95 bits per heavy atom. The van der Waals surface area contributed by atoms with E-state index in [1.807, 2.05) is 13.0 Å². The maximum atomic E-state index is 12.6. The number of para-hydroxylation sites is 1. The molecular weight excluding hydrogens is 277 g/mol. The molecule has 0 radical (unpaired) electrons. The Bertz CT molecular complexity index is 464. The second-order valence-corrected chi connectivity index (χ2v) is 6.83. The minimum atomic E-state index is -3.12. The van der Waals surface area contributed by atoms with Crippen LogP contribution in [-0.4, -0.2) is 24.8 Å². The molecule has 1 unspecified atom stereocenters. The van der Waals surface area contributed by atoms with E-state index in [-0.39, 0.29) is 6.16 Å². The zero-order valence-corrected chi connectivity index (χ0v) is 13.1. The SMILES string of the molecule is CCCOC(=O)[C@@H](C)NP(=O)(CC)Oc1ccccc1. The van der Waals surface area contributed by atoms with Crippen LogP contribution in [0.5, 0.6) is 5.75 Å². The zero-order chi connectivity index (χ0) is 15.0. The van der Waals surface area contributed by atoms with Gasteiger partial charge in [-0.05, 0) is 25.5 Å². The highest BCUT2D eigenvalue weighted by Gasteiger charge is 2.28. The molecule has 1 N–H and O–H groups in total. The normalized spacial score (nSPS) is 15.2. The minimum Gasteiger partial charge on any atom is -0.465 e. The number of hydrogen-bond donors (Lipinski definition) is 1. The van der Waals surface area contributed by atoms with Gasteiger partial charge in [-0.2, -0.15) is 0 Å². The van der Waals surface area contributed by atoms with Gasteiger partial charge in [-0.25, -0.2) is 5.09 Å². The van der Waals surface area contributed by atoms with Crippen molar-refractivity contribution < 1.29 is 18.6 Å². The van der Waals surface area contributed by atoms with Crippen molar-refractivity contribution in [2.75, 3.05) is 12.8 Å². The quantitative estimate of drug-likeness (QED) is 0.590. The Hall–Kier alpha value is -1.32. The van der Waals surface area contributed by atoms with E-state index < -0.39 is 19.5 Å². The van der Waals surface area contributed by atoms with E-state index in [4.69, 9.17) is 9.26 Å². The summed E-state index contributed by atoms with van der Waals surface area (Å²) in [5.41, 5.74) is 0. The lowest BCUT2D eigenvalue weighted by Crippen LogP contribution is -2.35. The highest BCUT2D eigenvalue weighted by molar-refractivity contribution is 7.57. The van der Waals surface area contributed by atoms with E-state index in [2.05, 4.69) is 5.09 Å². The lowest BCUT2D eigenvalue weighted by Gasteiger charge is -2.22. The van der Waals surface area contributed by atoms with Gasteiger partial charge in [0.25, 0.3) is 0 Å². The number of esters is 1. The number of benzene rings is 1. The number of carbonyl (C=O) groups excluding carboxylic acids is 1. The molecule has 1 rings (SSSR count). The first kappa shape index (κ1) is 16.7. The molecule has 0 amide bonds. The standard InChI is InChI=1S/C14H22NO4P/c1-4-11-18-14(16)12(3)15-20(17,5-2)19-13-9-7-6-8-10-13/h6-10,12H,4-5,11H2,1-3H3,(H,15,17)/t12-,20?/m1/s1. The zero-order valence-electron chi connectivity index (χ0n) is 12.2. The molecule has 0 aliphatic rings. The first-order valence-corrected chi connectivity index (χ1v) is 8.60. The van der Waals surface area contributed by atoms with Crippen molar-refractivity contribution in [1.29, 1.82) is 0 Å². The van der Waals surface area contributed by atoms with Gasteiger partial charge in [0.15, 0.2) is 0 Å². The van der Waals surface area contributed by atoms with Crippen LogP contribution in [0.3, 0.4) is 0 Å². The van der Waals surface area contributed by atoms with Crippen LogP contribution >= 0.6 is 7.52 Å². The van der Waals surface area contributed by atoms with E-state index in [0.717, 1.165) is 6.42 Å². The predicted molar refractivity (Wildman–Crippen MR) is 79.1 cm³/mol. The molecule has 2 atom stereocenters. The van der Waals surface area contributed by atoms with Crippen molar-refractivity contribution in [3.63, 3.8) is 0 Å². The van der Waals surface area contributed by atoms with Crippen LogP contribution in [0.25, 0.3) is 0 Å². The largest absolute Gasteiger partial charge is 0.465 e. The molecule has 0 fully saturated rings. The molecular formula is C14H22NO4P. The second kappa shape index (κ2) is 8.08. The van der Waals surface area contributed by atoms with Crippen molar-refractivity contribution in [2.24, 2.45) is 0 Å². The lowest BCUT2D eigenvalue weighted by atomic mass is 10.3. The van der Waals surface area contributed by atoms with Crippen LogP contribution in [0.15, 0.2) is 30.3 Å². The van der Waals surface area contributed by atoms with Gasteiger partial charge in [0.1, 0.15) is 11.8 Å². The van der Waals surface area contributed by atoms with Gasteiger partial charge in [0, 0.05) is 6.16 Å². The highest BCUT2D eigenvalue weighted by Crippen LogP contribution is 2.42. The summed E-state index contributed by atoms with van der Waals surface area (Å²) in [6.45, 7) is 5.65. The maximum Gasteiger partial charge on any atom is 0.323 e. The van der Waals surface area contributed by atoms with Crippen LogP contribution in [0.4, 0.5) is 0 Å². The third-order valence-electron chi connectivity index (χ3n) is 2.60. The molecule has 20 heavy (non-hydrogen) atoms. The van der Waals surface area contributed by atoms with E-state index in [1.54, 1.807) is 38.1 Å². The number of carbonyl (C=O) groups is 1. The topological polar surface area (TPSA) is 64.6 Å². The summed E-state index contributed by atoms with van der Waals surface area (Å²) in [4.78, 5) is 11.7. The molecule has 1 aromatic carbocycles. The van der Waals surface area contributed by atoms with Crippen molar-refractivity contribution >= 4 is 13.5 Å². The predicted octanol–water partition coefficient (Wildman–Crippen LogP) is 3.21. The molecule has 0 aromatic heterocycles. The molecule has 0 heterocycles. The molecule has 0 aliphatic carbocycles. The maximum absolute atomic E-state index is 12.6. The number of rotatable bonds is 8. The monoisotopic (exact) mass is 299 g/mol. The van der Waals surface area contributed by atoms with Gasteiger partial charge in [-0.1, -0.05) is 32.0 Å². The fraction of sp³-hybridized carbons (Fsp3) is 0.500. The Kier molecular flexibility index (Phi) is 6.76. The Morgan fingerprint density at radius 1 is 1.30 bits per heavy atom. The van der Waals surface area contributed by atoms with Crippen molar-refractivity contribution in [3.8, 4) is 5.75 Å². The van der Waals surface area contributed by atoms with Crippen molar-refractivity contribution in [3.05, 3.63) is 30.3 Å². The van der Waals surface area contributed by atoms with E-state index in [1.165, 1.54) is 0 Å². The van der Waals surface area contributed by atoms with Crippen LogP contribution in [0.2, 0.25) is 0 Å². The summed E-state index contributed by atoms with van der Waals surface area (Å²) in [6.07, 6.45) is 1.04. The molecule has 0 saturated heterocycles. The third kappa shape index (κ3) is 5.35. The van der Waals surface area contributed by atoms with Crippen LogP contribution in [0, 0.1) is 0 Å². The first-order valence-electron chi connectivity index (χ1n) is 6.79. The number of ether oxygens (including phenoxy) is 1. The molecule has 112 valence electrons. The van der Waals surface area contributed by atoms with E-state index in [9.17, 15) is 9.36 Å². The van der Waals surface area contributed by atoms with Crippen LogP contribution in [-0.2, 0) is 14.1 Å². The van der Waals surface area contributed by atoms with Gasteiger partial charge in [-0.15, -0.1) is 0 Å². The number of hydrogen-bond acceptors (Lipinski definition) is 4. The minimum absolute atomic E-state index is 0.285. The molecule has 0 bridgehead atoms. The van der Waals surface area contributed by atoms with Gasteiger partial charge in [0.05, 0.1) is 6.61 Å². The molecule has 6 heteroatoms. The van der Waals surface area contributed by atoms with E-state index >= 15 is 0 Å². The van der Waals surface area contributed by atoms with Crippen LogP contribution < -0.4 is 9.61 Å². The van der Waals surface area contributed by atoms with Crippen molar-refractivity contribution in [2.45, 2.75) is 33.2 Å². The third-order valence-corrected chi connectivity index (χ3v) is 4.72. The van der Waals surface area contributed by atoms with Gasteiger partial charge in [0.2, 0.25) is 0 Å². The van der Waals surface area contributed by atoms with Crippen molar-refractivity contribution in [1.82, 2.24) is 5.09 Å². The Morgan fingerprint density at radius 3 is 2.50 bits per heavy atom. The van der Waals surface area contributed by atoms with Gasteiger partial charge < -0.3 is 9.26 Å². The average Bonchev–Trinajstić information content (AvgIpc) is 2.45. The molecule has 1 aromatic rings. The summed E-state index contributed by atoms with van der Waals surface area (Å²) in [6, 6.07) is 8.23. The first-order chi connectivity index (χ1) is 9.50. The van der Waals surface area contributed by atoms with Gasteiger partial charge >= 0.3 is 13.5 Å². The van der Waals surface area contributed by atoms with Crippen LogP contribution in [0.1, 0.15) is 27.2 Å². The molecule has 5 nitrogen and oxygen atoms in total. The fourth-order valence-corrected chi connectivity index (χ4v) is 3.03. The summed E-state index contributed by atoms with van der Waals surface area (Å²) in [7, 11) is -3.12. The summed E-state index contributed by atoms with van der Waals surface area (Å²) in [5.74, 6) is 0.0940. The van der Waals surface area contributed by atoms with E-state index in [0.29, 0.717) is 12.4 Å². The van der Waals surface area contributed by atoms with Gasteiger partial charge in [-0.3, -0.25) is 9.36 Å².